The van der Waals surface area contributed by atoms with Crippen molar-refractivity contribution >= 4 is 0 Å². The molecule has 13 heavy (non-hydrogen) atoms. The van der Waals surface area contributed by atoms with Crippen LogP contribution in [0.2, 0.25) is 0 Å². The predicted octanol–water partition coefficient (Wildman–Crippen LogP) is 0.441. The number of nitrogens with two attached hydrogens (primary N) is 2. The summed E-state index contributed by atoms with van der Waals surface area (Å²) in [5.41, 5.74) is 12.2. The van der Waals surface area contributed by atoms with Crippen LogP contribution in [0.3, 0.4) is 0 Å². The number of hydrogen-bond acceptors (Lipinski definition) is 3. The molecule has 2 unspecified atom stereocenters. The molecule has 3 atom stereocenters. The summed E-state index contributed by atoms with van der Waals surface area (Å²) in [5, 5.41) is 3.15. The Hall–Kier alpha value is -0.120. The van der Waals surface area contributed by atoms with E-state index in [0.717, 1.165) is 32.2 Å². The first-order valence-electron chi connectivity index (χ1n) is 5.27. The van der Waals surface area contributed by atoms with Gasteiger partial charge in [0.15, 0.2) is 0 Å². The molecule has 0 aliphatic heterocycles. The average Bonchev–Trinajstić information content (AvgIpc) is 2.27. The van der Waals surface area contributed by atoms with Gasteiger partial charge >= 0.3 is 0 Å². The van der Waals surface area contributed by atoms with Crippen molar-refractivity contribution in [3.63, 3.8) is 0 Å². The molecule has 1 saturated carbocycles. The summed E-state index contributed by atoms with van der Waals surface area (Å²) >= 11 is 0. The molecule has 5 N–H and O–H groups in total. The Morgan fingerprint density at radius 3 is 2.69 bits per heavy atom. The molecule has 0 heterocycles. The van der Waals surface area contributed by atoms with Gasteiger partial charge in [-0.25, -0.2) is 0 Å². The molecular weight excluding hydrogens is 162 g/mol. The molecule has 0 aromatic carbocycles. The third kappa shape index (κ3) is 2.66. The molecule has 1 aliphatic rings. The lowest BCUT2D eigenvalue weighted by molar-refractivity contribution is 0.306. The largest absolute Gasteiger partial charge is 0.328 e. The number of nitrogens with one attached hydrogen (secondary N) is 1. The Balaban J connectivity index is 2.36. The van der Waals surface area contributed by atoms with E-state index in [2.05, 4.69) is 12.2 Å². The Morgan fingerprint density at radius 2 is 2.23 bits per heavy atom. The van der Waals surface area contributed by atoms with Crippen LogP contribution < -0.4 is 16.8 Å². The highest BCUT2D eigenvalue weighted by Gasteiger charge is 2.39. The van der Waals surface area contributed by atoms with Gasteiger partial charge in [-0.1, -0.05) is 6.92 Å². The maximum Gasteiger partial charge on any atom is 0.0196 e. The second-order valence-corrected chi connectivity index (χ2v) is 4.54. The van der Waals surface area contributed by atoms with Gasteiger partial charge in [-0.3, -0.25) is 0 Å². The minimum atomic E-state index is 0.0102. The fraction of sp³-hybridized carbons (Fsp3) is 1.00. The molecule has 0 aromatic heterocycles. The minimum Gasteiger partial charge on any atom is -0.328 e. The zero-order chi connectivity index (χ0) is 9.90. The second-order valence-electron chi connectivity index (χ2n) is 4.54. The van der Waals surface area contributed by atoms with Crippen molar-refractivity contribution in [3.8, 4) is 0 Å². The van der Waals surface area contributed by atoms with Gasteiger partial charge in [0, 0.05) is 11.6 Å². The zero-order valence-electron chi connectivity index (χ0n) is 8.84. The average molecular weight is 185 g/mol. The van der Waals surface area contributed by atoms with Crippen LogP contribution in [0.4, 0.5) is 0 Å². The molecule has 0 saturated heterocycles. The second kappa shape index (κ2) is 4.40. The molecular formula is C10H23N3. The summed E-state index contributed by atoms with van der Waals surface area (Å²) < 4.78 is 0. The normalized spacial score (nSPS) is 39.7. The van der Waals surface area contributed by atoms with Gasteiger partial charge in [-0.15, -0.1) is 0 Å². The Morgan fingerprint density at radius 1 is 1.54 bits per heavy atom. The van der Waals surface area contributed by atoms with Gasteiger partial charge < -0.3 is 16.8 Å². The van der Waals surface area contributed by atoms with Gasteiger partial charge in [0.25, 0.3) is 0 Å². The summed E-state index contributed by atoms with van der Waals surface area (Å²) in [6.45, 7) is 3.28. The molecule has 0 bridgehead atoms. The molecule has 0 amide bonds. The summed E-state index contributed by atoms with van der Waals surface area (Å²) in [6.07, 6.45) is 4.35. The van der Waals surface area contributed by atoms with Crippen LogP contribution in [0.5, 0.6) is 0 Å². The molecule has 0 aromatic rings. The highest BCUT2D eigenvalue weighted by Crippen LogP contribution is 2.35. The third-order valence-electron chi connectivity index (χ3n) is 3.35. The molecule has 3 nitrogen and oxygen atoms in total. The van der Waals surface area contributed by atoms with E-state index in [4.69, 9.17) is 11.5 Å². The van der Waals surface area contributed by atoms with Crippen molar-refractivity contribution in [1.82, 2.24) is 5.32 Å². The van der Waals surface area contributed by atoms with Crippen LogP contribution >= 0.6 is 0 Å². The lowest BCUT2D eigenvalue weighted by Crippen LogP contribution is -2.43. The topological polar surface area (TPSA) is 64.1 Å². The van der Waals surface area contributed by atoms with Gasteiger partial charge in [0.2, 0.25) is 0 Å². The van der Waals surface area contributed by atoms with E-state index in [1.165, 1.54) is 0 Å². The summed E-state index contributed by atoms with van der Waals surface area (Å²) in [6, 6.07) is 0.328. The van der Waals surface area contributed by atoms with E-state index in [9.17, 15) is 0 Å². The lowest BCUT2D eigenvalue weighted by Gasteiger charge is -2.29. The van der Waals surface area contributed by atoms with Crippen LogP contribution in [0.15, 0.2) is 0 Å². The number of rotatable bonds is 4. The van der Waals surface area contributed by atoms with E-state index in [-0.39, 0.29) is 5.54 Å². The van der Waals surface area contributed by atoms with E-state index in [1.807, 2.05) is 7.05 Å². The van der Waals surface area contributed by atoms with Crippen molar-refractivity contribution < 1.29 is 0 Å². The lowest BCUT2D eigenvalue weighted by atomic mass is 9.85. The first-order chi connectivity index (χ1) is 6.08. The van der Waals surface area contributed by atoms with Crippen LogP contribution in [0, 0.1) is 5.92 Å². The predicted molar refractivity (Wildman–Crippen MR) is 56.5 cm³/mol. The standard InChI is InChI=1S/C10H23N3/c1-8-6-9(11)7-10(8,12)4-3-5-13-2/h8-9,13H,3-7,11-12H2,1-2H3/t8-,9?,10?/m1/s1. The monoisotopic (exact) mass is 185 g/mol. The Kier molecular flexibility index (Phi) is 3.71. The number of hydrogen-bond donors (Lipinski definition) is 3. The van der Waals surface area contributed by atoms with Crippen LogP contribution in [-0.2, 0) is 0 Å². The molecule has 1 fully saturated rings. The van der Waals surface area contributed by atoms with Crippen LogP contribution in [-0.4, -0.2) is 25.2 Å². The van der Waals surface area contributed by atoms with E-state index in [1.54, 1.807) is 0 Å². The van der Waals surface area contributed by atoms with E-state index < -0.39 is 0 Å². The van der Waals surface area contributed by atoms with Crippen molar-refractivity contribution in [3.05, 3.63) is 0 Å². The molecule has 0 spiro atoms. The smallest absolute Gasteiger partial charge is 0.0196 e. The van der Waals surface area contributed by atoms with Crippen molar-refractivity contribution in [1.29, 1.82) is 0 Å². The molecule has 78 valence electrons. The Labute approximate surface area is 81.2 Å². The van der Waals surface area contributed by atoms with E-state index in [0.29, 0.717) is 12.0 Å². The molecule has 3 heteroatoms. The first kappa shape index (κ1) is 11.0. The summed E-state index contributed by atoms with van der Waals surface area (Å²) in [4.78, 5) is 0. The van der Waals surface area contributed by atoms with Crippen molar-refractivity contribution in [2.45, 2.75) is 44.2 Å². The van der Waals surface area contributed by atoms with Crippen molar-refractivity contribution in [2.75, 3.05) is 13.6 Å². The van der Waals surface area contributed by atoms with Crippen LogP contribution in [0.25, 0.3) is 0 Å². The van der Waals surface area contributed by atoms with Crippen LogP contribution in [0.1, 0.15) is 32.6 Å². The van der Waals surface area contributed by atoms with Gasteiger partial charge in [0.1, 0.15) is 0 Å². The quantitative estimate of drug-likeness (QED) is 0.557. The summed E-state index contributed by atoms with van der Waals surface area (Å²) in [7, 11) is 1.98. The maximum atomic E-state index is 6.33. The van der Waals surface area contributed by atoms with E-state index >= 15 is 0 Å². The molecule has 0 radical (unpaired) electrons. The fourth-order valence-corrected chi connectivity index (χ4v) is 2.40. The highest BCUT2D eigenvalue weighted by molar-refractivity contribution is 4.99. The Bertz CT molecular complexity index is 160. The third-order valence-corrected chi connectivity index (χ3v) is 3.35. The molecule has 1 rings (SSSR count). The fourth-order valence-electron chi connectivity index (χ4n) is 2.40. The SMILES string of the molecule is CNCCCC1(N)CC(N)C[C@H]1C. The first-order valence-corrected chi connectivity index (χ1v) is 5.27. The van der Waals surface area contributed by atoms with Gasteiger partial charge in [-0.05, 0) is 45.2 Å². The maximum absolute atomic E-state index is 6.33. The molecule has 1 aliphatic carbocycles. The minimum absolute atomic E-state index is 0.0102. The van der Waals surface area contributed by atoms with Gasteiger partial charge in [0.05, 0.1) is 0 Å². The van der Waals surface area contributed by atoms with Crippen molar-refractivity contribution in [2.24, 2.45) is 17.4 Å². The zero-order valence-corrected chi connectivity index (χ0v) is 8.84. The highest BCUT2D eigenvalue weighted by atomic mass is 14.8. The van der Waals surface area contributed by atoms with Gasteiger partial charge in [-0.2, -0.15) is 0 Å². The summed E-state index contributed by atoms with van der Waals surface area (Å²) in [5.74, 6) is 0.583.